The van der Waals surface area contributed by atoms with Crippen molar-refractivity contribution in [3.05, 3.63) is 83.6 Å². The third-order valence-electron chi connectivity index (χ3n) is 6.00. The van der Waals surface area contributed by atoms with Gasteiger partial charge in [-0.2, -0.15) is 28.6 Å². The first-order valence-electron chi connectivity index (χ1n) is 11.1. The van der Waals surface area contributed by atoms with Crippen LogP contribution in [0.2, 0.25) is 0 Å². The van der Waals surface area contributed by atoms with E-state index in [9.17, 15) is 27.2 Å². The molecule has 192 valence electrons. The molecule has 9 nitrogen and oxygen atoms in total. The van der Waals surface area contributed by atoms with Crippen molar-refractivity contribution in [3.63, 3.8) is 0 Å². The molecule has 0 spiro atoms. The zero-order valence-electron chi connectivity index (χ0n) is 19.4. The van der Waals surface area contributed by atoms with Gasteiger partial charge in [-0.15, -0.1) is 0 Å². The second-order valence-corrected chi connectivity index (χ2v) is 8.22. The van der Waals surface area contributed by atoms with Gasteiger partial charge in [0.15, 0.2) is 11.6 Å². The van der Waals surface area contributed by atoms with Crippen molar-refractivity contribution >= 4 is 11.3 Å². The highest BCUT2D eigenvalue weighted by molar-refractivity contribution is 5.92. The first-order chi connectivity index (χ1) is 18.1. The summed E-state index contributed by atoms with van der Waals surface area (Å²) in [5, 5.41) is 18.7. The van der Waals surface area contributed by atoms with Gasteiger partial charge in [0.1, 0.15) is 29.4 Å². The maximum Gasteiger partial charge on any atom is 0.451 e. The van der Waals surface area contributed by atoms with Crippen molar-refractivity contribution in [3.8, 4) is 22.9 Å². The molecule has 0 aliphatic rings. The molecule has 0 radical (unpaired) electrons. The maximum atomic E-state index is 14.4. The fraction of sp³-hybridized carbons (Fsp3) is 0.167. The molecular formula is C24H16F5N9. The Bertz CT molecular complexity index is 1700. The van der Waals surface area contributed by atoms with Gasteiger partial charge in [0, 0.05) is 41.7 Å². The van der Waals surface area contributed by atoms with Crippen LogP contribution in [0.4, 0.5) is 27.8 Å². The van der Waals surface area contributed by atoms with Crippen molar-refractivity contribution < 1.29 is 22.0 Å². The lowest BCUT2D eigenvalue weighted by molar-refractivity contribution is -0.144. The number of halogens is 5. The molecule has 0 bridgehead atoms. The van der Waals surface area contributed by atoms with Crippen LogP contribution in [0.5, 0.6) is 0 Å². The Morgan fingerprint density at radius 2 is 1.82 bits per heavy atom. The zero-order chi connectivity index (χ0) is 27.2. The van der Waals surface area contributed by atoms with Gasteiger partial charge in [-0.1, -0.05) is 6.92 Å². The predicted molar refractivity (Wildman–Crippen MR) is 124 cm³/mol. The minimum absolute atomic E-state index is 0.0159. The number of hydrogen-bond donors (Lipinski definition) is 1. The molecule has 0 fully saturated rings. The van der Waals surface area contributed by atoms with Gasteiger partial charge >= 0.3 is 6.18 Å². The summed E-state index contributed by atoms with van der Waals surface area (Å²) in [6.45, 7) is 1.84. The van der Waals surface area contributed by atoms with E-state index < -0.39 is 29.6 Å². The summed E-state index contributed by atoms with van der Waals surface area (Å²) in [7, 11) is 0. The maximum absolute atomic E-state index is 14.4. The lowest BCUT2D eigenvalue weighted by Crippen LogP contribution is -2.10. The molecule has 38 heavy (non-hydrogen) atoms. The number of hydrogen-bond acceptors (Lipinski definition) is 7. The van der Waals surface area contributed by atoms with Crippen LogP contribution in [0.25, 0.3) is 22.3 Å². The van der Waals surface area contributed by atoms with E-state index in [0.29, 0.717) is 17.7 Å². The molecule has 14 heteroatoms. The third kappa shape index (κ3) is 4.07. The lowest BCUT2D eigenvalue weighted by Gasteiger charge is -2.14. The number of benzene rings is 1. The van der Waals surface area contributed by atoms with Gasteiger partial charge in [-0.05, 0) is 24.1 Å². The van der Waals surface area contributed by atoms with Crippen molar-refractivity contribution in [1.82, 2.24) is 34.3 Å². The summed E-state index contributed by atoms with van der Waals surface area (Å²) in [6.07, 6.45) is 1.79. The molecule has 0 unspecified atom stereocenters. The van der Waals surface area contributed by atoms with Crippen LogP contribution in [0.1, 0.15) is 41.9 Å². The molecule has 0 saturated heterocycles. The highest BCUT2D eigenvalue weighted by atomic mass is 19.4. The molecule has 4 heterocycles. The molecule has 0 aliphatic carbocycles. The fourth-order valence-electron chi connectivity index (χ4n) is 4.36. The number of nitrogen functional groups attached to an aromatic ring is 1. The van der Waals surface area contributed by atoms with E-state index >= 15 is 0 Å². The summed E-state index contributed by atoms with van der Waals surface area (Å²) in [4.78, 5) is 10.8. The Kier molecular flexibility index (Phi) is 5.98. The number of nitrogens with two attached hydrogens (primary N) is 1. The summed E-state index contributed by atoms with van der Waals surface area (Å²) in [6, 6.07) is 5.19. The molecule has 1 atom stereocenters. The largest absolute Gasteiger partial charge is 0.451 e. The van der Waals surface area contributed by atoms with E-state index in [-0.39, 0.29) is 33.7 Å². The Hall–Kier alpha value is -4.93. The van der Waals surface area contributed by atoms with E-state index in [1.54, 1.807) is 0 Å². The number of anilines is 1. The summed E-state index contributed by atoms with van der Waals surface area (Å²) >= 11 is 0. The monoisotopic (exact) mass is 525 g/mol. The standard InChI is InChI=1S/C24H16F5N9/c1-2-15(13-9-35-37(10-13)18-4-3-14(25)5-17(18)26)20-16(6-30)19(21-22(31)34-11-36-38(20)21)12-7-32-23(33-8-12)24(27,28)29/h3-5,7-11,15H,2H2,1H3,(H2,31,34,36)/t15-/m0/s1. The van der Waals surface area contributed by atoms with E-state index in [4.69, 9.17) is 5.73 Å². The normalized spacial score (nSPS) is 12.6. The van der Waals surface area contributed by atoms with Crippen molar-refractivity contribution in [2.24, 2.45) is 0 Å². The van der Waals surface area contributed by atoms with Gasteiger partial charge in [-0.25, -0.2) is 32.9 Å². The van der Waals surface area contributed by atoms with Crippen LogP contribution in [0.3, 0.4) is 0 Å². The Balaban J connectivity index is 1.70. The molecule has 4 aromatic heterocycles. The minimum atomic E-state index is -4.75. The summed E-state index contributed by atoms with van der Waals surface area (Å²) in [5.41, 5.74) is 7.63. The molecule has 5 aromatic rings. The summed E-state index contributed by atoms with van der Waals surface area (Å²) in [5.74, 6) is -3.44. The average Bonchev–Trinajstić information content (AvgIpc) is 3.48. The molecule has 5 rings (SSSR count). The Morgan fingerprint density at radius 1 is 1.08 bits per heavy atom. The highest BCUT2D eigenvalue weighted by Crippen LogP contribution is 2.40. The Labute approximate surface area is 211 Å². The molecule has 2 N–H and O–H groups in total. The highest BCUT2D eigenvalue weighted by Gasteiger charge is 2.35. The van der Waals surface area contributed by atoms with Gasteiger partial charge < -0.3 is 5.73 Å². The van der Waals surface area contributed by atoms with E-state index in [1.807, 2.05) is 6.92 Å². The molecule has 0 amide bonds. The first kappa shape index (κ1) is 24.8. The van der Waals surface area contributed by atoms with Gasteiger partial charge in [0.2, 0.25) is 5.82 Å². The average molecular weight is 525 g/mol. The molecular weight excluding hydrogens is 509 g/mol. The van der Waals surface area contributed by atoms with E-state index in [2.05, 4.69) is 31.2 Å². The SMILES string of the molecule is CC[C@@H](c1cnn(-c2ccc(F)cc2F)c1)c1c(C#N)c(-c2cnc(C(F)(F)F)nc2)c2c(N)ncnn12. The number of nitriles is 1. The third-order valence-corrected chi connectivity index (χ3v) is 6.00. The fourth-order valence-corrected chi connectivity index (χ4v) is 4.36. The topological polar surface area (TPSA) is 124 Å². The van der Waals surface area contributed by atoms with E-state index in [1.165, 1.54) is 34.0 Å². The van der Waals surface area contributed by atoms with Crippen LogP contribution in [0, 0.1) is 23.0 Å². The van der Waals surface area contributed by atoms with Gasteiger partial charge in [-0.3, -0.25) is 0 Å². The molecule has 1 aromatic carbocycles. The minimum Gasteiger partial charge on any atom is -0.382 e. The van der Waals surface area contributed by atoms with Crippen molar-refractivity contribution in [1.29, 1.82) is 5.26 Å². The number of alkyl halides is 3. The van der Waals surface area contributed by atoms with Crippen LogP contribution >= 0.6 is 0 Å². The smallest absolute Gasteiger partial charge is 0.382 e. The second kappa shape index (κ2) is 9.18. The molecule has 0 saturated carbocycles. The lowest BCUT2D eigenvalue weighted by atomic mass is 9.91. The van der Waals surface area contributed by atoms with Gasteiger partial charge in [0.05, 0.1) is 17.5 Å². The molecule has 0 aliphatic heterocycles. The van der Waals surface area contributed by atoms with Crippen molar-refractivity contribution in [2.75, 3.05) is 5.73 Å². The van der Waals surface area contributed by atoms with Crippen LogP contribution in [-0.2, 0) is 6.18 Å². The quantitative estimate of drug-likeness (QED) is 0.331. The number of fused-ring (bicyclic) bond motifs is 1. The number of aromatic nitrogens is 7. The Morgan fingerprint density at radius 3 is 2.45 bits per heavy atom. The zero-order valence-corrected chi connectivity index (χ0v) is 19.4. The first-order valence-corrected chi connectivity index (χ1v) is 11.1. The number of rotatable bonds is 5. The van der Waals surface area contributed by atoms with Crippen LogP contribution < -0.4 is 5.73 Å². The predicted octanol–water partition coefficient (Wildman–Crippen LogP) is 4.66. The van der Waals surface area contributed by atoms with Gasteiger partial charge in [0.25, 0.3) is 0 Å². The van der Waals surface area contributed by atoms with Crippen LogP contribution in [0.15, 0.2) is 49.3 Å². The summed E-state index contributed by atoms with van der Waals surface area (Å²) < 4.78 is 69.4. The van der Waals surface area contributed by atoms with E-state index in [0.717, 1.165) is 24.5 Å². The van der Waals surface area contributed by atoms with Crippen molar-refractivity contribution in [2.45, 2.75) is 25.4 Å². The van der Waals surface area contributed by atoms with Crippen LogP contribution in [-0.4, -0.2) is 34.3 Å². The number of nitrogens with zero attached hydrogens (tertiary/aromatic N) is 8. The second-order valence-electron chi connectivity index (χ2n) is 8.22.